The van der Waals surface area contributed by atoms with Gasteiger partial charge in [0.05, 0.1) is 0 Å². The Kier molecular flexibility index (Phi) is 4.36. The van der Waals surface area contributed by atoms with E-state index in [1.54, 1.807) is 12.1 Å². The van der Waals surface area contributed by atoms with Crippen molar-refractivity contribution in [1.29, 1.82) is 0 Å². The fourth-order valence-corrected chi connectivity index (χ4v) is 3.47. The number of carbonyl (C=O) groups excluding carboxylic acids is 1. The van der Waals surface area contributed by atoms with Gasteiger partial charge in [0.15, 0.2) is 5.15 Å². The van der Waals surface area contributed by atoms with Crippen molar-refractivity contribution in [3.63, 3.8) is 0 Å². The molecule has 0 saturated carbocycles. The van der Waals surface area contributed by atoms with Crippen LogP contribution in [0.2, 0.25) is 5.15 Å². The van der Waals surface area contributed by atoms with E-state index in [0.717, 1.165) is 25.7 Å². The standard InChI is InChI=1S/C16H22ClN3O3/c1-16(2,3)23-15(21)20-10-4-5-11(20)9-12(8-10)22-14-7-6-13(17)18-19-14/h6-7,10-12H,4-5,8-9H2,1-3H3/t10-,11+,12?. The van der Waals surface area contributed by atoms with Gasteiger partial charge in [0.1, 0.15) is 11.7 Å². The molecule has 2 aliphatic rings. The SMILES string of the molecule is CC(C)(C)OC(=O)N1[C@@H]2CC[C@H]1CC(Oc1ccc(Cl)nn1)C2. The van der Waals surface area contributed by atoms with E-state index in [-0.39, 0.29) is 24.3 Å². The lowest BCUT2D eigenvalue weighted by Gasteiger charge is -2.39. The first-order valence-corrected chi connectivity index (χ1v) is 8.37. The van der Waals surface area contributed by atoms with Crippen LogP contribution in [-0.2, 0) is 4.74 Å². The number of amides is 1. The molecular formula is C16H22ClN3O3. The third kappa shape index (κ3) is 3.86. The molecule has 2 fully saturated rings. The van der Waals surface area contributed by atoms with Crippen molar-refractivity contribution in [2.45, 2.75) is 70.2 Å². The Hall–Kier alpha value is -1.56. The molecule has 6 nitrogen and oxygen atoms in total. The highest BCUT2D eigenvalue weighted by atomic mass is 35.5. The van der Waals surface area contributed by atoms with Crippen molar-refractivity contribution in [2.75, 3.05) is 0 Å². The number of halogens is 1. The normalized spacial score (nSPS) is 27.0. The monoisotopic (exact) mass is 339 g/mol. The zero-order valence-corrected chi connectivity index (χ0v) is 14.4. The first kappa shape index (κ1) is 16.3. The number of piperidine rings is 1. The molecule has 126 valence electrons. The van der Waals surface area contributed by atoms with Crippen LogP contribution < -0.4 is 4.74 Å². The Morgan fingerprint density at radius 1 is 1.22 bits per heavy atom. The minimum Gasteiger partial charge on any atom is -0.473 e. The van der Waals surface area contributed by atoms with E-state index in [9.17, 15) is 4.79 Å². The largest absolute Gasteiger partial charge is 0.473 e. The van der Waals surface area contributed by atoms with Crippen molar-refractivity contribution in [3.05, 3.63) is 17.3 Å². The number of hydrogen-bond donors (Lipinski definition) is 0. The smallest absolute Gasteiger partial charge is 0.410 e. The van der Waals surface area contributed by atoms with Crippen LogP contribution in [-0.4, -0.2) is 45.0 Å². The predicted octanol–water partition coefficient (Wildman–Crippen LogP) is 3.44. The van der Waals surface area contributed by atoms with Crippen LogP contribution in [0, 0.1) is 0 Å². The summed E-state index contributed by atoms with van der Waals surface area (Å²) in [4.78, 5) is 14.3. The van der Waals surface area contributed by atoms with Gasteiger partial charge in [-0.3, -0.25) is 0 Å². The summed E-state index contributed by atoms with van der Waals surface area (Å²) in [6.07, 6.45) is 3.41. The molecular weight excluding hydrogens is 318 g/mol. The second kappa shape index (κ2) is 6.15. The molecule has 2 bridgehead atoms. The summed E-state index contributed by atoms with van der Waals surface area (Å²) in [5.41, 5.74) is -0.469. The zero-order valence-electron chi connectivity index (χ0n) is 13.7. The Bertz CT molecular complexity index is 559. The number of rotatable bonds is 2. The molecule has 1 unspecified atom stereocenters. The van der Waals surface area contributed by atoms with Gasteiger partial charge in [-0.15, -0.1) is 10.2 Å². The van der Waals surface area contributed by atoms with E-state index in [1.807, 2.05) is 25.7 Å². The minimum atomic E-state index is -0.469. The Balaban J connectivity index is 1.62. The average molecular weight is 340 g/mol. The summed E-state index contributed by atoms with van der Waals surface area (Å²) in [7, 11) is 0. The first-order chi connectivity index (χ1) is 10.8. The van der Waals surface area contributed by atoms with Crippen LogP contribution >= 0.6 is 11.6 Å². The van der Waals surface area contributed by atoms with Crippen LogP contribution in [0.4, 0.5) is 4.79 Å². The maximum Gasteiger partial charge on any atom is 0.410 e. The number of fused-ring (bicyclic) bond motifs is 2. The number of ether oxygens (including phenoxy) is 2. The van der Waals surface area contributed by atoms with Gasteiger partial charge in [-0.1, -0.05) is 11.6 Å². The summed E-state index contributed by atoms with van der Waals surface area (Å²) < 4.78 is 11.4. The third-order valence-corrected chi connectivity index (χ3v) is 4.39. The van der Waals surface area contributed by atoms with Gasteiger partial charge < -0.3 is 14.4 Å². The van der Waals surface area contributed by atoms with E-state index < -0.39 is 5.60 Å². The topological polar surface area (TPSA) is 64.5 Å². The first-order valence-electron chi connectivity index (χ1n) is 7.99. The zero-order chi connectivity index (χ0) is 16.6. The molecule has 0 aliphatic carbocycles. The second-order valence-electron chi connectivity index (χ2n) is 7.18. The van der Waals surface area contributed by atoms with Crippen molar-refractivity contribution in [2.24, 2.45) is 0 Å². The second-order valence-corrected chi connectivity index (χ2v) is 7.57. The summed E-state index contributed by atoms with van der Waals surface area (Å²) in [6.45, 7) is 5.67. The lowest BCUT2D eigenvalue weighted by atomic mass is 10.0. The van der Waals surface area contributed by atoms with Crippen molar-refractivity contribution in [1.82, 2.24) is 15.1 Å². The Morgan fingerprint density at radius 2 is 1.87 bits per heavy atom. The van der Waals surface area contributed by atoms with Crippen LogP contribution in [0.5, 0.6) is 5.88 Å². The van der Waals surface area contributed by atoms with Gasteiger partial charge in [0, 0.05) is 31.0 Å². The molecule has 3 heterocycles. The number of carbonyl (C=O) groups is 1. The third-order valence-electron chi connectivity index (χ3n) is 4.19. The molecule has 23 heavy (non-hydrogen) atoms. The lowest BCUT2D eigenvalue weighted by Crippen LogP contribution is -2.50. The van der Waals surface area contributed by atoms with Crippen molar-refractivity contribution < 1.29 is 14.3 Å². The quantitative estimate of drug-likeness (QED) is 0.825. The number of aromatic nitrogens is 2. The van der Waals surface area contributed by atoms with Crippen LogP contribution in [0.3, 0.4) is 0 Å². The van der Waals surface area contributed by atoms with Crippen molar-refractivity contribution in [3.8, 4) is 5.88 Å². The molecule has 0 N–H and O–H groups in total. The van der Waals surface area contributed by atoms with E-state index in [1.165, 1.54) is 0 Å². The molecule has 3 atom stereocenters. The van der Waals surface area contributed by atoms with Crippen molar-refractivity contribution >= 4 is 17.7 Å². The van der Waals surface area contributed by atoms with Gasteiger partial charge in [0.2, 0.25) is 5.88 Å². The summed E-state index contributed by atoms with van der Waals surface area (Å²) in [5, 5.41) is 8.07. The summed E-state index contributed by atoms with van der Waals surface area (Å²) >= 11 is 5.73. The van der Waals surface area contributed by atoms with Gasteiger partial charge in [-0.05, 0) is 39.7 Å². The van der Waals surface area contributed by atoms with E-state index >= 15 is 0 Å². The lowest BCUT2D eigenvalue weighted by molar-refractivity contribution is -0.00771. The predicted molar refractivity (Wildman–Crippen MR) is 85.6 cm³/mol. The molecule has 2 saturated heterocycles. The highest BCUT2D eigenvalue weighted by molar-refractivity contribution is 6.29. The van der Waals surface area contributed by atoms with Gasteiger partial charge >= 0.3 is 6.09 Å². The van der Waals surface area contributed by atoms with E-state index in [0.29, 0.717) is 11.0 Å². The summed E-state index contributed by atoms with van der Waals surface area (Å²) in [6, 6.07) is 3.73. The van der Waals surface area contributed by atoms with Crippen LogP contribution in [0.25, 0.3) is 0 Å². The van der Waals surface area contributed by atoms with Gasteiger partial charge in [-0.25, -0.2) is 4.79 Å². The Labute approximate surface area is 141 Å². The minimum absolute atomic E-state index is 0.0432. The highest BCUT2D eigenvalue weighted by Gasteiger charge is 2.45. The molecule has 1 aromatic rings. The maximum atomic E-state index is 12.4. The van der Waals surface area contributed by atoms with E-state index in [4.69, 9.17) is 21.1 Å². The van der Waals surface area contributed by atoms with Crippen LogP contribution in [0.1, 0.15) is 46.5 Å². The fourth-order valence-electron chi connectivity index (χ4n) is 3.37. The number of nitrogens with zero attached hydrogens (tertiary/aromatic N) is 3. The number of hydrogen-bond acceptors (Lipinski definition) is 5. The van der Waals surface area contributed by atoms with E-state index in [2.05, 4.69) is 10.2 Å². The average Bonchev–Trinajstić information content (AvgIpc) is 2.72. The molecule has 1 aromatic heterocycles. The maximum absolute atomic E-state index is 12.4. The molecule has 1 amide bonds. The highest BCUT2D eigenvalue weighted by Crippen LogP contribution is 2.38. The molecule has 0 radical (unpaired) electrons. The Morgan fingerprint density at radius 3 is 2.39 bits per heavy atom. The molecule has 0 spiro atoms. The fraction of sp³-hybridized carbons (Fsp3) is 0.688. The molecule has 0 aromatic carbocycles. The van der Waals surface area contributed by atoms with Crippen LogP contribution in [0.15, 0.2) is 12.1 Å². The molecule has 2 aliphatic heterocycles. The van der Waals surface area contributed by atoms with Gasteiger partial charge in [-0.2, -0.15) is 0 Å². The molecule has 3 rings (SSSR count). The summed E-state index contributed by atoms with van der Waals surface area (Å²) in [5.74, 6) is 0.476. The van der Waals surface area contributed by atoms with Gasteiger partial charge in [0.25, 0.3) is 0 Å². The molecule has 7 heteroatoms.